The maximum atomic E-state index is 13.5. The number of nitrogens with zero attached hydrogens (tertiary/aromatic N) is 3. The van der Waals surface area contributed by atoms with Crippen LogP contribution in [0.2, 0.25) is 0 Å². The first-order valence-electron chi connectivity index (χ1n) is 11.9. The molecule has 1 aromatic heterocycles. The van der Waals surface area contributed by atoms with Gasteiger partial charge in [-0.2, -0.15) is 0 Å². The summed E-state index contributed by atoms with van der Waals surface area (Å²) in [6.07, 6.45) is -0.360. The predicted molar refractivity (Wildman–Crippen MR) is 139 cm³/mol. The number of methoxy groups -OCH3 is 1. The summed E-state index contributed by atoms with van der Waals surface area (Å²) in [6, 6.07) is 12.3. The molecule has 0 aliphatic carbocycles. The van der Waals surface area contributed by atoms with Crippen LogP contribution in [0.1, 0.15) is 38.2 Å². The van der Waals surface area contributed by atoms with Crippen LogP contribution in [0.5, 0.6) is 5.75 Å². The molecule has 3 aromatic rings. The Bertz CT molecular complexity index is 1430. The number of rotatable bonds is 6. The first kappa shape index (κ1) is 29.6. The summed E-state index contributed by atoms with van der Waals surface area (Å²) >= 11 is 0. The smallest absolute Gasteiger partial charge is 1.00 e. The number of carbonyl (C=O) groups is 2. The minimum Gasteiger partial charge on any atom is -1.00 e. The Balaban J connectivity index is 0.00000267. The fraction of sp³-hybridized carbons (Fsp3) is 0.385. The number of fused-ring (bicyclic) bond motifs is 1. The van der Waals surface area contributed by atoms with Crippen molar-refractivity contribution in [1.29, 1.82) is 0 Å². The summed E-state index contributed by atoms with van der Waals surface area (Å²) in [7, 11) is -2.66. The molecule has 4 rings (SSSR count). The zero-order chi connectivity index (χ0) is 27.0. The number of piperazine rings is 1. The van der Waals surface area contributed by atoms with E-state index >= 15 is 0 Å². The third-order valence-electron chi connectivity index (χ3n) is 6.14. The van der Waals surface area contributed by atoms with E-state index in [1.165, 1.54) is 25.3 Å². The maximum Gasteiger partial charge on any atom is 1.00 e. The van der Waals surface area contributed by atoms with E-state index in [-0.39, 0.29) is 42.5 Å². The second-order valence-electron chi connectivity index (χ2n) is 9.84. The van der Waals surface area contributed by atoms with Crippen molar-refractivity contribution in [3.05, 3.63) is 59.8 Å². The fourth-order valence-electron chi connectivity index (χ4n) is 4.39. The molecule has 0 atom stereocenters. The van der Waals surface area contributed by atoms with Crippen LogP contribution in [-0.4, -0.2) is 78.2 Å². The number of hydrogen-bond acceptors (Lipinski definition) is 7. The molecule has 1 aliphatic rings. The Morgan fingerprint density at radius 3 is 2.21 bits per heavy atom. The molecule has 1 N–H and O–H groups in total. The Morgan fingerprint density at radius 1 is 1.03 bits per heavy atom. The summed E-state index contributed by atoms with van der Waals surface area (Å²) in [4.78, 5) is 28.3. The van der Waals surface area contributed by atoms with Crippen molar-refractivity contribution in [2.24, 2.45) is 0 Å². The van der Waals surface area contributed by atoms with Crippen LogP contribution in [0.4, 0.5) is 4.79 Å². The number of ether oxygens (including phenoxy) is 2. The van der Waals surface area contributed by atoms with Crippen LogP contribution in [0.3, 0.4) is 0 Å². The number of amides is 1. The number of benzene rings is 2. The van der Waals surface area contributed by atoms with Gasteiger partial charge in [0.1, 0.15) is 17.0 Å². The normalized spacial score (nSPS) is 14.7. The molecule has 2 aromatic carbocycles. The van der Waals surface area contributed by atoms with E-state index < -0.39 is 21.6 Å². The average molecular weight is 538 g/mol. The minimum atomic E-state index is -4.18. The number of carboxylic acid groups (broad SMARTS) is 1. The molecular formula is C26H32LiN3O7S. The van der Waals surface area contributed by atoms with Gasteiger partial charge in [-0.25, -0.2) is 22.0 Å². The topological polar surface area (TPSA) is 118 Å². The zero-order valence-electron chi connectivity index (χ0n) is 23.3. The minimum absolute atomic E-state index is 0. The molecule has 1 saturated heterocycles. The van der Waals surface area contributed by atoms with E-state index in [4.69, 9.17) is 9.47 Å². The van der Waals surface area contributed by atoms with Crippen molar-refractivity contribution in [3.63, 3.8) is 0 Å². The Morgan fingerprint density at radius 2 is 1.66 bits per heavy atom. The second kappa shape index (κ2) is 11.4. The summed E-state index contributed by atoms with van der Waals surface area (Å²) in [5.41, 5.74) is -0.00505. The van der Waals surface area contributed by atoms with Gasteiger partial charge in [-0.1, -0.05) is 18.2 Å². The van der Waals surface area contributed by atoms with E-state index in [1.54, 1.807) is 35.2 Å². The molecule has 1 aliphatic heterocycles. The molecule has 1 amide bonds. The van der Waals surface area contributed by atoms with Crippen LogP contribution < -0.4 is 23.6 Å². The van der Waals surface area contributed by atoms with Crippen molar-refractivity contribution in [1.82, 2.24) is 13.8 Å². The number of aromatic carboxylic acids is 1. The van der Waals surface area contributed by atoms with Gasteiger partial charge in [-0.15, -0.1) is 0 Å². The quantitative estimate of drug-likeness (QED) is 0.458. The van der Waals surface area contributed by atoms with Crippen LogP contribution in [0, 0.1) is 0 Å². The van der Waals surface area contributed by atoms with E-state index in [9.17, 15) is 23.1 Å². The third-order valence-corrected chi connectivity index (χ3v) is 7.88. The van der Waals surface area contributed by atoms with E-state index in [1.807, 2.05) is 20.8 Å². The monoisotopic (exact) mass is 537 g/mol. The molecule has 12 heteroatoms. The van der Waals surface area contributed by atoms with Gasteiger partial charge in [-0.3, -0.25) is 4.90 Å². The summed E-state index contributed by atoms with van der Waals surface area (Å²) < 4.78 is 38.9. The summed E-state index contributed by atoms with van der Waals surface area (Å²) in [6.45, 7) is 7.92. The summed E-state index contributed by atoms with van der Waals surface area (Å²) in [5.74, 6) is -0.833. The molecule has 0 unspecified atom stereocenters. The molecule has 0 spiro atoms. The summed E-state index contributed by atoms with van der Waals surface area (Å²) in [5, 5.41) is 10.4. The predicted octanol–water partition coefficient (Wildman–Crippen LogP) is 0.754. The maximum absolute atomic E-state index is 13.5. The number of carbonyl (C=O) groups excluding carboxylic acids is 1. The van der Waals surface area contributed by atoms with Gasteiger partial charge in [0.15, 0.2) is 0 Å². The van der Waals surface area contributed by atoms with Crippen LogP contribution in [0.15, 0.2) is 53.4 Å². The molecule has 38 heavy (non-hydrogen) atoms. The van der Waals surface area contributed by atoms with Crippen LogP contribution >= 0.6 is 0 Å². The van der Waals surface area contributed by atoms with Gasteiger partial charge in [0.25, 0.3) is 10.0 Å². The number of hydrogen-bond donors (Lipinski definition) is 1. The third kappa shape index (κ3) is 6.02. The van der Waals surface area contributed by atoms with Gasteiger partial charge in [-0.05, 0) is 51.1 Å². The standard InChI is InChI=1S/C26H31N3O7S.Li.H/c1-26(2,3)36-25(32)28-14-12-27(13-15-28)17-20-19-16-22(24(30)31)29(21(19)10-11-23(20)35-4)37(33,34)18-8-6-5-7-9-18;;/h5-11,16H,12-15,17H2,1-4H3,(H,30,31);;/q;+1;-1. The Hall–Kier alpha value is -2.97. The van der Waals surface area contributed by atoms with Crippen molar-refractivity contribution in [2.45, 2.75) is 37.8 Å². The van der Waals surface area contributed by atoms with Gasteiger partial charge in [0.05, 0.1) is 17.5 Å². The van der Waals surface area contributed by atoms with E-state index in [2.05, 4.69) is 4.90 Å². The molecule has 0 radical (unpaired) electrons. The molecule has 0 bridgehead atoms. The molecule has 10 nitrogen and oxygen atoms in total. The Labute approximate surface area is 235 Å². The van der Waals surface area contributed by atoms with Crippen molar-refractivity contribution >= 4 is 33.0 Å². The molecule has 2 heterocycles. The second-order valence-corrected chi connectivity index (χ2v) is 11.6. The molecule has 200 valence electrons. The van der Waals surface area contributed by atoms with Crippen molar-refractivity contribution < 1.29 is 52.9 Å². The Kier molecular flexibility index (Phi) is 8.88. The van der Waals surface area contributed by atoms with Crippen LogP contribution in [0.25, 0.3) is 10.9 Å². The molecule has 0 saturated carbocycles. The average Bonchev–Trinajstić information content (AvgIpc) is 3.25. The van der Waals surface area contributed by atoms with E-state index in [0.717, 1.165) is 3.97 Å². The SMILES string of the molecule is COc1ccc2c(cc(C(=O)O)n2S(=O)(=O)c2ccccc2)c1CN1CCN(C(=O)OC(C)(C)C)CC1.[H-].[Li+]. The zero-order valence-corrected chi connectivity index (χ0v) is 23.1. The number of aromatic nitrogens is 1. The van der Waals surface area contributed by atoms with Gasteiger partial charge < -0.3 is 20.9 Å². The molecule has 1 fully saturated rings. The van der Waals surface area contributed by atoms with Crippen LogP contribution in [-0.2, 0) is 21.3 Å². The van der Waals surface area contributed by atoms with E-state index in [0.29, 0.717) is 49.4 Å². The first-order valence-corrected chi connectivity index (χ1v) is 13.3. The van der Waals surface area contributed by atoms with Crippen molar-refractivity contribution in [3.8, 4) is 5.75 Å². The number of carboxylic acids is 1. The van der Waals surface area contributed by atoms with Gasteiger partial charge >= 0.3 is 30.9 Å². The molecular weight excluding hydrogens is 505 g/mol. The van der Waals surface area contributed by atoms with Gasteiger partial charge in [0.2, 0.25) is 0 Å². The van der Waals surface area contributed by atoms with Gasteiger partial charge in [0, 0.05) is 43.7 Å². The largest absolute Gasteiger partial charge is 1.00 e. The fourth-order valence-corrected chi connectivity index (χ4v) is 5.91. The van der Waals surface area contributed by atoms with Crippen molar-refractivity contribution in [2.75, 3.05) is 33.3 Å². The first-order chi connectivity index (χ1) is 17.4.